The van der Waals surface area contributed by atoms with Crippen LogP contribution in [0.2, 0.25) is 0 Å². The fourth-order valence-electron chi connectivity index (χ4n) is 1.62. The molecule has 1 aromatic carbocycles. The minimum atomic E-state index is -3.79. The summed E-state index contributed by atoms with van der Waals surface area (Å²) in [5, 5.41) is 23.9. The third kappa shape index (κ3) is 4.14. The molecule has 1 aromatic heterocycles. The molecule has 0 saturated heterocycles. The van der Waals surface area contributed by atoms with Crippen molar-refractivity contribution in [1.82, 2.24) is 20.4 Å². The maximum atomic E-state index is 11.6. The Bertz CT molecular complexity index is 704. The molecule has 0 aliphatic carbocycles. The van der Waals surface area contributed by atoms with E-state index in [1.165, 1.54) is 24.3 Å². The number of aromatic nitrogens is 4. The van der Waals surface area contributed by atoms with Gasteiger partial charge in [0.2, 0.25) is 5.82 Å². The molecule has 22 heavy (non-hydrogen) atoms. The summed E-state index contributed by atoms with van der Waals surface area (Å²) >= 11 is 0. The van der Waals surface area contributed by atoms with Gasteiger partial charge in [-0.1, -0.05) is 12.1 Å². The highest BCUT2D eigenvalue weighted by Crippen LogP contribution is 2.44. The van der Waals surface area contributed by atoms with E-state index in [0.29, 0.717) is 5.56 Å². The first kappa shape index (κ1) is 16.2. The zero-order valence-electron chi connectivity index (χ0n) is 11.6. The monoisotopic (exact) mass is 324 g/mol. The summed E-state index contributed by atoms with van der Waals surface area (Å²) in [7, 11) is -3.79. The van der Waals surface area contributed by atoms with Crippen molar-refractivity contribution in [3.05, 3.63) is 35.7 Å². The summed E-state index contributed by atoms with van der Waals surface area (Å²) in [6, 6.07) is 5.87. The first-order valence-electron chi connectivity index (χ1n) is 6.27. The topological polar surface area (TPSA) is 135 Å². The van der Waals surface area contributed by atoms with E-state index in [1.54, 1.807) is 6.92 Å². The van der Waals surface area contributed by atoms with Crippen LogP contribution in [0.3, 0.4) is 0 Å². The normalized spacial score (nSPS) is 13.5. The third-order valence-electron chi connectivity index (χ3n) is 2.58. The van der Waals surface area contributed by atoms with Gasteiger partial charge in [0.05, 0.1) is 12.2 Å². The van der Waals surface area contributed by atoms with Crippen LogP contribution in [-0.4, -0.2) is 43.0 Å². The molecule has 9 nitrogen and oxygen atoms in total. The van der Waals surface area contributed by atoms with Crippen molar-refractivity contribution in [3.63, 3.8) is 0 Å². The Labute approximate surface area is 125 Å². The Kier molecular flexibility index (Phi) is 4.92. The lowest BCUT2D eigenvalue weighted by atomic mass is 10.1. The number of carboxylic acid groups (broad SMARTS) is 1. The average molecular weight is 324 g/mol. The SMILES string of the molecule is CCOP(=O)(O)Cc1nnc(-c2ccc(C(=O)O)cc2)nn1. The molecule has 0 amide bonds. The molecule has 2 aromatic rings. The molecule has 0 fully saturated rings. The van der Waals surface area contributed by atoms with E-state index >= 15 is 0 Å². The lowest BCUT2D eigenvalue weighted by Crippen LogP contribution is -2.04. The van der Waals surface area contributed by atoms with Crippen molar-refractivity contribution in [2.24, 2.45) is 0 Å². The van der Waals surface area contributed by atoms with Crippen molar-refractivity contribution in [2.75, 3.05) is 6.61 Å². The van der Waals surface area contributed by atoms with Gasteiger partial charge in [-0.15, -0.1) is 20.4 Å². The van der Waals surface area contributed by atoms with E-state index in [4.69, 9.17) is 9.63 Å². The van der Waals surface area contributed by atoms with Crippen LogP contribution in [0.4, 0.5) is 0 Å². The van der Waals surface area contributed by atoms with E-state index in [-0.39, 0.29) is 30.0 Å². The lowest BCUT2D eigenvalue weighted by Gasteiger charge is -2.08. The average Bonchev–Trinajstić information content (AvgIpc) is 2.47. The largest absolute Gasteiger partial charge is 0.478 e. The predicted octanol–water partition coefficient (Wildman–Crippen LogP) is 1.35. The molecule has 0 spiro atoms. The van der Waals surface area contributed by atoms with Gasteiger partial charge in [0.15, 0.2) is 5.82 Å². The molecule has 0 bridgehead atoms. The molecule has 1 atom stereocenters. The molecular formula is C12H13N4O5P. The Morgan fingerprint density at radius 2 is 1.77 bits per heavy atom. The fourth-order valence-corrected chi connectivity index (χ4v) is 2.60. The second-order valence-corrected chi connectivity index (χ2v) is 6.09. The second kappa shape index (κ2) is 6.69. The number of hydrogen-bond donors (Lipinski definition) is 2. The highest BCUT2D eigenvalue weighted by molar-refractivity contribution is 7.51. The Morgan fingerprint density at radius 3 is 2.27 bits per heavy atom. The van der Waals surface area contributed by atoms with Gasteiger partial charge in [-0.05, 0) is 19.1 Å². The highest BCUT2D eigenvalue weighted by atomic mass is 31.2. The first-order valence-corrected chi connectivity index (χ1v) is 8.04. The molecule has 2 rings (SSSR count). The minimum Gasteiger partial charge on any atom is -0.478 e. The van der Waals surface area contributed by atoms with Crippen LogP contribution < -0.4 is 0 Å². The summed E-state index contributed by atoms with van der Waals surface area (Å²) in [6.07, 6.45) is -0.376. The molecule has 116 valence electrons. The summed E-state index contributed by atoms with van der Waals surface area (Å²) < 4.78 is 16.3. The summed E-state index contributed by atoms with van der Waals surface area (Å²) in [4.78, 5) is 20.2. The van der Waals surface area contributed by atoms with Crippen LogP contribution in [0.5, 0.6) is 0 Å². The summed E-state index contributed by atoms with van der Waals surface area (Å²) in [5.74, 6) is -0.858. The van der Waals surface area contributed by atoms with Crippen LogP contribution in [0, 0.1) is 0 Å². The number of rotatable bonds is 6. The van der Waals surface area contributed by atoms with Gasteiger partial charge in [0.25, 0.3) is 0 Å². The van der Waals surface area contributed by atoms with Crippen molar-refractivity contribution in [1.29, 1.82) is 0 Å². The van der Waals surface area contributed by atoms with Gasteiger partial charge in [0, 0.05) is 5.56 Å². The van der Waals surface area contributed by atoms with Crippen molar-refractivity contribution in [2.45, 2.75) is 13.1 Å². The molecule has 10 heteroatoms. The maximum Gasteiger partial charge on any atom is 0.335 e. The van der Waals surface area contributed by atoms with Crippen LogP contribution in [-0.2, 0) is 15.3 Å². The van der Waals surface area contributed by atoms with Gasteiger partial charge in [0.1, 0.15) is 6.16 Å². The number of carboxylic acids is 1. The van der Waals surface area contributed by atoms with Crippen LogP contribution in [0.1, 0.15) is 23.1 Å². The second-order valence-electron chi connectivity index (χ2n) is 4.24. The van der Waals surface area contributed by atoms with Crippen molar-refractivity contribution < 1.29 is 23.9 Å². The van der Waals surface area contributed by atoms with E-state index in [1.807, 2.05) is 0 Å². The zero-order chi connectivity index (χ0) is 16.2. The van der Waals surface area contributed by atoms with E-state index in [2.05, 4.69) is 20.4 Å². The predicted molar refractivity (Wildman–Crippen MR) is 75.2 cm³/mol. The fraction of sp³-hybridized carbons (Fsp3) is 0.250. The maximum absolute atomic E-state index is 11.6. The quantitative estimate of drug-likeness (QED) is 0.754. The lowest BCUT2D eigenvalue weighted by molar-refractivity contribution is 0.0697. The molecule has 0 radical (unpaired) electrons. The first-order chi connectivity index (χ1) is 10.4. The van der Waals surface area contributed by atoms with Gasteiger partial charge < -0.3 is 14.5 Å². The number of benzene rings is 1. The molecule has 1 unspecified atom stereocenters. The zero-order valence-corrected chi connectivity index (χ0v) is 12.5. The van der Waals surface area contributed by atoms with Crippen LogP contribution in [0.15, 0.2) is 24.3 Å². The highest BCUT2D eigenvalue weighted by Gasteiger charge is 2.22. The number of nitrogens with zero attached hydrogens (tertiary/aromatic N) is 4. The number of carbonyl (C=O) groups is 1. The Balaban J connectivity index is 2.15. The standard InChI is InChI=1S/C12H13N4O5P/c1-2-21-22(19,20)7-10-13-15-11(16-14-10)8-3-5-9(6-4-8)12(17)18/h3-6H,2,7H2,1H3,(H,17,18)(H,19,20). The summed E-state index contributed by atoms with van der Waals surface area (Å²) in [5.41, 5.74) is 0.674. The van der Waals surface area contributed by atoms with Crippen molar-refractivity contribution in [3.8, 4) is 11.4 Å². The van der Waals surface area contributed by atoms with E-state index in [0.717, 1.165) is 0 Å². The van der Waals surface area contributed by atoms with Crippen LogP contribution in [0.25, 0.3) is 11.4 Å². The van der Waals surface area contributed by atoms with Crippen molar-refractivity contribution >= 4 is 13.6 Å². The molecule has 1 heterocycles. The molecule has 0 aliphatic heterocycles. The number of aromatic carboxylic acids is 1. The van der Waals surface area contributed by atoms with E-state index < -0.39 is 13.6 Å². The summed E-state index contributed by atoms with van der Waals surface area (Å²) in [6.45, 7) is 1.70. The molecule has 0 aliphatic rings. The molecular weight excluding hydrogens is 311 g/mol. The van der Waals surface area contributed by atoms with Gasteiger partial charge in [-0.3, -0.25) is 4.57 Å². The minimum absolute atomic E-state index is 0.00908. The van der Waals surface area contributed by atoms with Crippen LogP contribution >= 0.6 is 7.60 Å². The van der Waals surface area contributed by atoms with Gasteiger partial charge in [-0.25, -0.2) is 4.79 Å². The smallest absolute Gasteiger partial charge is 0.335 e. The van der Waals surface area contributed by atoms with E-state index in [9.17, 15) is 14.3 Å². The third-order valence-corrected chi connectivity index (χ3v) is 3.93. The molecule has 2 N–H and O–H groups in total. The van der Waals surface area contributed by atoms with Gasteiger partial charge in [-0.2, -0.15) is 0 Å². The molecule has 0 saturated carbocycles. The number of hydrogen-bond acceptors (Lipinski definition) is 7. The van der Waals surface area contributed by atoms with Gasteiger partial charge >= 0.3 is 13.6 Å². The Morgan fingerprint density at radius 1 is 1.18 bits per heavy atom. The Hall–Kier alpha value is -2.22.